The molecule has 4 nitrogen and oxygen atoms in total. The van der Waals surface area contributed by atoms with E-state index in [9.17, 15) is 0 Å². The minimum absolute atomic E-state index is 0.406. The molecule has 2 unspecified atom stereocenters. The van der Waals surface area contributed by atoms with Crippen LogP contribution in [0.2, 0.25) is 0 Å². The molecule has 0 spiro atoms. The summed E-state index contributed by atoms with van der Waals surface area (Å²) in [6.07, 6.45) is 6.55. The summed E-state index contributed by atoms with van der Waals surface area (Å²) in [4.78, 5) is 6.45. The first kappa shape index (κ1) is 14.4. The van der Waals surface area contributed by atoms with E-state index in [4.69, 9.17) is 4.74 Å². The third-order valence-corrected chi connectivity index (χ3v) is 3.66. The molecule has 0 radical (unpaired) electrons. The lowest BCUT2D eigenvalue weighted by atomic mass is 10.1. The number of hydrogen-bond donors (Lipinski definition) is 1. The normalized spacial score (nSPS) is 20.9. The predicted molar refractivity (Wildman–Crippen MR) is 77.0 cm³/mol. The van der Waals surface area contributed by atoms with Gasteiger partial charge in [0.25, 0.3) is 0 Å². The van der Waals surface area contributed by atoms with Crippen LogP contribution in [0.3, 0.4) is 0 Å². The first-order valence-electron chi connectivity index (χ1n) is 7.18. The Labute approximate surface area is 116 Å². The van der Waals surface area contributed by atoms with Crippen LogP contribution in [0.1, 0.15) is 25.3 Å². The molecule has 1 aliphatic heterocycles. The van der Waals surface area contributed by atoms with Crippen molar-refractivity contribution in [2.75, 3.05) is 26.7 Å². The monoisotopic (exact) mass is 263 g/mol. The molecule has 19 heavy (non-hydrogen) atoms. The van der Waals surface area contributed by atoms with Gasteiger partial charge in [0, 0.05) is 44.7 Å². The van der Waals surface area contributed by atoms with Crippen molar-refractivity contribution < 1.29 is 4.74 Å². The maximum atomic E-state index is 5.68. The van der Waals surface area contributed by atoms with Crippen molar-refractivity contribution in [1.82, 2.24) is 15.2 Å². The smallest absolute Gasteiger partial charge is 0.0726 e. The van der Waals surface area contributed by atoms with Crippen LogP contribution in [-0.4, -0.2) is 48.8 Å². The van der Waals surface area contributed by atoms with Gasteiger partial charge in [-0.25, -0.2) is 0 Å². The van der Waals surface area contributed by atoms with Gasteiger partial charge in [-0.2, -0.15) is 0 Å². The van der Waals surface area contributed by atoms with Crippen LogP contribution in [-0.2, 0) is 11.3 Å². The molecule has 1 fully saturated rings. The summed E-state index contributed by atoms with van der Waals surface area (Å²) in [6.45, 7) is 6.13. The highest BCUT2D eigenvalue weighted by Gasteiger charge is 2.21. The number of nitrogens with one attached hydrogen (secondary N) is 1. The van der Waals surface area contributed by atoms with E-state index in [1.807, 2.05) is 18.5 Å². The van der Waals surface area contributed by atoms with Gasteiger partial charge in [-0.1, -0.05) is 6.07 Å². The topological polar surface area (TPSA) is 37.4 Å². The lowest BCUT2D eigenvalue weighted by Gasteiger charge is -2.22. The summed E-state index contributed by atoms with van der Waals surface area (Å²) in [5, 5.41) is 3.56. The Morgan fingerprint density at radius 2 is 2.47 bits per heavy atom. The van der Waals surface area contributed by atoms with Crippen LogP contribution in [0.15, 0.2) is 24.5 Å². The van der Waals surface area contributed by atoms with Gasteiger partial charge in [0.15, 0.2) is 0 Å². The van der Waals surface area contributed by atoms with Crippen molar-refractivity contribution in [2.24, 2.45) is 0 Å². The van der Waals surface area contributed by atoms with Crippen LogP contribution >= 0.6 is 0 Å². The number of pyridine rings is 1. The molecular formula is C15H25N3O. The quantitative estimate of drug-likeness (QED) is 0.812. The standard InChI is InChI=1S/C15H25N3O/c1-13(15-6-4-10-19-15)17-8-9-18(2)12-14-5-3-7-16-11-14/h3,5,7,11,13,15,17H,4,6,8-10,12H2,1-2H3. The Hall–Kier alpha value is -0.970. The van der Waals surface area contributed by atoms with E-state index in [1.165, 1.54) is 18.4 Å². The van der Waals surface area contributed by atoms with Crippen molar-refractivity contribution in [3.8, 4) is 0 Å². The Bertz CT molecular complexity index is 352. The third kappa shape index (κ3) is 4.90. The van der Waals surface area contributed by atoms with E-state index < -0.39 is 0 Å². The number of likely N-dealkylation sites (N-methyl/N-ethyl adjacent to an activating group) is 1. The largest absolute Gasteiger partial charge is 0.377 e. The molecular weight excluding hydrogens is 238 g/mol. The molecule has 2 atom stereocenters. The molecule has 0 amide bonds. The lowest BCUT2D eigenvalue weighted by Crippen LogP contribution is -2.40. The Morgan fingerprint density at radius 3 is 3.16 bits per heavy atom. The number of rotatable bonds is 7. The maximum absolute atomic E-state index is 5.68. The van der Waals surface area contributed by atoms with E-state index in [-0.39, 0.29) is 0 Å². The lowest BCUT2D eigenvalue weighted by molar-refractivity contribution is 0.0829. The van der Waals surface area contributed by atoms with Crippen LogP contribution < -0.4 is 5.32 Å². The summed E-state index contributed by atoms with van der Waals surface area (Å²) in [5.41, 5.74) is 1.26. The molecule has 2 rings (SSSR count). The van der Waals surface area contributed by atoms with Crippen molar-refractivity contribution in [3.05, 3.63) is 30.1 Å². The molecule has 106 valence electrons. The number of hydrogen-bond acceptors (Lipinski definition) is 4. The molecule has 1 aromatic heterocycles. The van der Waals surface area contributed by atoms with Gasteiger partial charge < -0.3 is 15.0 Å². The van der Waals surface area contributed by atoms with Gasteiger partial charge in [-0.3, -0.25) is 4.98 Å². The molecule has 1 aromatic rings. The molecule has 0 saturated carbocycles. The number of aromatic nitrogens is 1. The van der Waals surface area contributed by atoms with Crippen LogP contribution in [0, 0.1) is 0 Å². The first-order chi connectivity index (χ1) is 9.25. The van der Waals surface area contributed by atoms with Gasteiger partial charge in [0.1, 0.15) is 0 Å². The highest BCUT2D eigenvalue weighted by Crippen LogP contribution is 2.15. The zero-order valence-electron chi connectivity index (χ0n) is 12.0. The Balaban J connectivity index is 1.62. The second kappa shape index (κ2) is 7.58. The fourth-order valence-corrected chi connectivity index (χ4v) is 2.49. The van der Waals surface area contributed by atoms with E-state index in [1.54, 1.807) is 0 Å². The molecule has 1 aliphatic rings. The molecule has 2 heterocycles. The number of ether oxygens (including phenoxy) is 1. The van der Waals surface area contributed by atoms with Crippen molar-refractivity contribution in [2.45, 2.75) is 38.5 Å². The Morgan fingerprint density at radius 1 is 1.58 bits per heavy atom. The SMILES string of the molecule is CC(NCCN(C)Cc1cccnc1)C1CCCO1. The highest BCUT2D eigenvalue weighted by molar-refractivity contribution is 5.07. The molecule has 0 aromatic carbocycles. The van der Waals surface area contributed by atoms with Gasteiger partial charge >= 0.3 is 0 Å². The summed E-state index contributed by atoms with van der Waals surface area (Å²) >= 11 is 0. The molecule has 0 aliphatic carbocycles. The van der Waals surface area contributed by atoms with E-state index in [0.717, 1.165) is 26.2 Å². The van der Waals surface area contributed by atoms with Crippen molar-refractivity contribution in [3.63, 3.8) is 0 Å². The molecule has 1 saturated heterocycles. The fraction of sp³-hybridized carbons (Fsp3) is 0.667. The Kier molecular flexibility index (Phi) is 5.76. The van der Waals surface area contributed by atoms with Gasteiger partial charge in [0.2, 0.25) is 0 Å². The summed E-state index contributed by atoms with van der Waals surface area (Å²) in [6, 6.07) is 4.56. The van der Waals surface area contributed by atoms with Crippen molar-refractivity contribution in [1.29, 1.82) is 0 Å². The third-order valence-electron chi connectivity index (χ3n) is 3.66. The highest BCUT2D eigenvalue weighted by atomic mass is 16.5. The zero-order valence-corrected chi connectivity index (χ0v) is 12.0. The first-order valence-corrected chi connectivity index (χ1v) is 7.18. The average molecular weight is 263 g/mol. The van der Waals surface area contributed by atoms with Crippen LogP contribution in [0.25, 0.3) is 0 Å². The molecule has 0 bridgehead atoms. The van der Waals surface area contributed by atoms with Crippen molar-refractivity contribution >= 4 is 0 Å². The summed E-state index contributed by atoms with van der Waals surface area (Å²) < 4.78 is 5.68. The molecule has 4 heteroatoms. The minimum Gasteiger partial charge on any atom is -0.377 e. The van der Waals surface area contributed by atoms with E-state index in [0.29, 0.717) is 12.1 Å². The minimum atomic E-state index is 0.406. The van der Waals surface area contributed by atoms with Crippen LogP contribution in [0.4, 0.5) is 0 Å². The van der Waals surface area contributed by atoms with Crippen LogP contribution in [0.5, 0.6) is 0 Å². The predicted octanol–water partition coefficient (Wildman–Crippen LogP) is 1.67. The second-order valence-corrected chi connectivity index (χ2v) is 5.39. The fourth-order valence-electron chi connectivity index (χ4n) is 2.49. The maximum Gasteiger partial charge on any atom is 0.0726 e. The summed E-state index contributed by atoms with van der Waals surface area (Å²) in [5.74, 6) is 0. The van der Waals surface area contributed by atoms with Gasteiger partial charge in [-0.05, 0) is 38.4 Å². The van der Waals surface area contributed by atoms with Gasteiger partial charge in [0.05, 0.1) is 6.10 Å². The molecule has 1 N–H and O–H groups in total. The van der Waals surface area contributed by atoms with E-state index in [2.05, 4.69) is 35.2 Å². The summed E-state index contributed by atoms with van der Waals surface area (Å²) in [7, 11) is 2.14. The second-order valence-electron chi connectivity index (χ2n) is 5.39. The number of nitrogens with zero attached hydrogens (tertiary/aromatic N) is 2. The zero-order chi connectivity index (χ0) is 13.5. The van der Waals surface area contributed by atoms with Gasteiger partial charge in [-0.15, -0.1) is 0 Å². The van der Waals surface area contributed by atoms with E-state index >= 15 is 0 Å². The average Bonchev–Trinajstić information content (AvgIpc) is 2.93.